The third-order valence-corrected chi connectivity index (χ3v) is 5.14. The molecule has 26 heavy (non-hydrogen) atoms. The molecule has 0 saturated heterocycles. The fraction of sp³-hybridized carbons (Fsp3) is 0.500. The highest BCUT2D eigenvalue weighted by molar-refractivity contribution is 5.85. The van der Waals surface area contributed by atoms with E-state index in [2.05, 4.69) is 15.6 Å². The molecule has 0 spiro atoms. The van der Waals surface area contributed by atoms with E-state index in [0.717, 1.165) is 42.4 Å². The van der Waals surface area contributed by atoms with Crippen molar-refractivity contribution in [3.63, 3.8) is 0 Å². The van der Waals surface area contributed by atoms with Crippen LogP contribution in [0.25, 0.3) is 11.0 Å². The Bertz CT molecular complexity index is 755. The van der Waals surface area contributed by atoms with Gasteiger partial charge in [0.1, 0.15) is 11.3 Å². The zero-order chi connectivity index (χ0) is 18.6. The number of nitrogens with one attached hydrogen (secondary N) is 2. The van der Waals surface area contributed by atoms with Gasteiger partial charge in [-0.1, -0.05) is 31.0 Å². The maximum Gasteiger partial charge on any atom is 0.230 e. The van der Waals surface area contributed by atoms with Crippen molar-refractivity contribution in [3.8, 4) is 0 Å². The highest BCUT2D eigenvalue weighted by atomic mass is 16.3. The third kappa shape index (κ3) is 3.84. The van der Waals surface area contributed by atoms with Gasteiger partial charge in [0.15, 0.2) is 5.96 Å². The summed E-state index contributed by atoms with van der Waals surface area (Å²) in [6, 6.07) is 9.99. The normalized spacial score (nSPS) is 16.7. The number of rotatable bonds is 5. The van der Waals surface area contributed by atoms with Crippen LogP contribution in [0.15, 0.2) is 39.7 Å². The van der Waals surface area contributed by atoms with Crippen molar-refractivity contribution in [2.24, 2.45) is 10.4 Å². The summed E-state index contributed by atoms with van der Waals surface area (Å²) in [7, 11) is 5.40. The molecule has 1 heterocycles. The highest BCUT2D eigenvalue weighted by Gasteiger charge is 2.42. The summed E-state index contributed by atoms with van der Waals surface area (Å²) < 4.78 is 5.82. The van der Waals surface area contributed by atoms with E-state index in [0.29, 0.717) is 19.0 Å². The summed E-state index contributed by atoms with van der Waals surface area (Å²) in [5.74, 6) is 1.74. The minimum Gasteiger partial charge on any atom is -0.459 e. The predicted molar refractivity (Wildman–Crippen MR) is 104 cm³/mol. The summed E-state index contributed by atoms with van der Waals surface area (Å²) >= 11 is 0. The number of hydrogen-bond donors (Lipinski definition) is 2. The molecule has 0 radical (unpaired) electrons. The van der Waals surface area contributed by atoms with Crippen LogP contribution in [0, 0.1) is 5.41 Å². The molecule has 0 atom stereocenters. The Morgan fingerprint density at radius 3 is 2.62 bits per heavy atom. The second-order valence-electron chi connectivity index (χ2n) is 7.22. The SMILES string of the molecule is CN=C(NCc1cc2ccccc2o1)NCC1(C(=O)N(C)C)CCCC1. The fourth-order valence-electron chi connectivity index (χ4n) is 3.76. The molecule has 6 heteroatoms. The van der Waals surface area contributed by atoms with E-state index < -0.39 is 0 Å². The first kappa shape index (κ1) is 18.3. The number of carbonyl (C=O) groups is 1. The molecule has 1 amide bonds. The number of furan rings is 1. The number of para-hydroxylation sites is 1. The summed E-state index contributed by atoms with van der Waals surface area (Å²) in [6.07, 6.45) is 4.06. The van der Waals surface area contributed by atoms with Crippen LogP contribution in [0.3, 0.4) is 0 Å². The van der Waals surface area contributed by atoms with Gasteiger partial charge in [0.05, 0.1) is 12.0 Å². The summed E-state index contributed by atoms with van der Waals surface area (Å²) in [5.41, 5.74) is 0.564. The van der Waals surface area contributed by atoms with E-state index in [1.165, 1.54) is 0 Å². The lowest BCUT2D eigenvalue weighted by atomic mass is 9.84. The molecule has 0 bridgehead atoms. The molecular weight excluding hydrogens is 328 g/mol. The molecule has 140 valence electrons. The van der Waals surface area contributed by atoms with Gasteiger partial charge in [-0.3, -0.25) is 9.79 Å². The van der Waals surface area contributed by atoms with E-state index in [1.54, 1.807) is 11.9 Å². The Morgan fingerprint density at radius 1 is 1.23 bits per heavy atom. The molecule has 0 aliphatic heterocycles. The van der Waals surface area contributed by atoms with Crippen molar-refractivity contribution in [3.05, 3.63) is 36.1 Å². The highest BCUT2D eigenvalue weighted by Crippen LogP contribution is 2.38. The maximum absolute atomic E-state index is 12.7. The lowest BCUT2D eigenvalue weighted by Gasteiger charge is -2.31. The zero-order valence-electron chi connectivity index (χ0n) is 15.8. The summed E-state index contributed by atoms with van der Waals surface area (Å²) in [6.45, 7) is 1.15. The average Bonchev–Trinajstić information content (AvgIpc) is 3.28. The first-order valence-corrected chi connectivity index (χ1v) is 9.18. The van der Waals surface area contributed by atoms with Gasteiger partial charge in [-0.25, -0.2) is 0 Å². The topological polar surface area (TPSA) is 69.9 Å². The minimum absolute atomic E-state index is 0.204. The van der Waals surface area contributed by atoms with Gasteiger partial charge < -0.3 is 20.0 Å². The van der Waals surface area contributed by atoms with Crippen LogP contribution in [-0.4, -0.2) is 44.5 Å². The number of fused-ring (bicyclic) bond motifs is 1. The maximum atomic E-state index is 12.7. The summed E-state index contributed by atoms with van der Waals surface area (Å²) in [4.78, 5) is 18.6. The van der Waals surface area contributed by atoms with E-state index in [1.807, 2.05) is 44.4 Å². The minimum atomic E-state index is -0.319. The van der Waals surface area contributed by atoms with Gasteiger partial charge in [-0.05, 0) is 25.0 Å². The van der Waals surface area contributed by atoms with Gasteiger partial charge >= 0.3 is 0 Å². The number of nitrogens with zero attached hydrogens (tertiary/aromatic N) is 2. The Hall–Kier alpha value is -2.50. The second kappa shape index (κ2) is 7.81. The molecule has 1 fully saturated rings. The lowest BCUT2D eigenvalue weighted by Crippen LogP contribution is -2.49. The predicted octanol–water partition coefficient (Wildman–Crippen LogP) is 2.75. The standard InChI is InChI=1S/C20H28N4O2/c1-21-19(22-13-16-12-15-8-4-5-9-17(15)26-16)23-14-20(10-6-7-11-20)18(25)24(2)3/h4-5,8-9,12H,6-7,10-11,13-14H2,1-3H3,(H2,21,22,23). The molecule has 1 aliphatic carbocycles. The van der Waals surface area contributed by atoms with E-state index in [4.69, 9.17) is 4.42 Å². The first-order chi connectivity index (χ1) is 12.5. The number of benzene rings is 1. The lowest BCUT2D eigenvalue weighted by molar-refractivity contribution is -0.138. The number of carbonyl (C=O) groups excluding carboxylic acids is 1. The number of guanidine groups is 1. The average molecular weight is 356 g/mol. The molecule has 6 nitrogen and oxygen atoms in total. The molecule has 1 aliphatic rings. The van der Waals surface area contributed by atoms with Crippen LogP contribution in [0.4, 0.5) is 0 Å². The van der Waals surface area contributed by atoms with Gasteiger partial charge in [0.2, 0.25) is 5.91 Å². The number of aliphatic imine (C=N–C) groups is 1. The van der Waals surface area contributed by atoms with Gasteiger partial charge in [0.25, 0.3) is 0 Å². The van der Waals surface area contributed by atoms with Gasteiger partial charge in [0, 0.05) is 33.1 Å². The van der Waals surface area contributed by atoms with Crippen molar-refractivity contribution >= 4 is 22.8 Å². The Labute approximate surface area is 154 Å². The largest absolute Gasteiger partial charge is 0.459 e. The monoisotopic (exact) mass is 356 g/mol. The number of hydrogen-bond acceptors (Lipinski definition) is 3. The Kier molecular flexibility index (Phi) is 5.49. The quantitative estimate of drug-likeness (QED) is 0.638. The van der Waals surface area contributed by atoms with Crippen LogP contribution in [0.1, 0.15) is 31.4 Å². The van der Waals surface area contributed by atoms with Crippen molar-refractivity contribution < 1.29 is 9.21 Å². The van der Waals surface area contributed by atoms with Crippen LogP contribution in [0.5, 0.6) is 0 Å². The molecule has 1 aromatic carbocycles. The molecule has 2 aromatic rings. The Balaban J connectivity index is 1.59. The fourth-order valence-corrected chi connectivity index (χ4v) is 3.76. The summed E-state index contributed by atoms with van der Waals surface area (Å²) in [5, 5.41) is 7.71. The van der Waals surface area contributed by atoms with Crippen LogP contribution < -0.4 is 10.6 Å². The van der Waals surface area contributed by atoms with Crippen molar-refractivity contribution in [1.82, 2.24) is 15.5 Å². The van der Waals surface area contributed by atoms with E-state index in [-0.39, 0.29) is 11.3 Å². The molecule has 1 saturated carbocycles. The molecule has 1 aromatic heterocycles. The first-order valence-electron chi connectivity index (χ1n) is 9.18. The molecular formula is C20H28N4O2. The molecule has 3 rings (SSSR count). The van der Waals surface area contributed by atoms with Crippen LogP contribution >= 0.6 is 0 Å². The van der Waals surface area contributed by atoms with Crippen molar-refractivity contribution in [1.29, 1.82) is 0 Å². The Morgan fingerprint density at radius 2 is 1.96 bits per heavy atom. The van der Waals surface area contributed by atoms with E-state index in [9.17, 15) is 4.79 Å². The van der Waals surface area contributed by atoms with Crippen molar-refractivity contribution in [2.75, 3.05) is 27.7 Å². The third-order valence-electron chi connectivity index (χ3n) is 5.14. The second-order valence-corrected chi connectivity index (χ2v) is 7.22. The van der Waals surface area contributed by atoms with Crippen LogP contribution in [-0.2, 0) is 11.3 Å². The van der Waals surface area contributed by atoms with Gasteiger partial charge in [-0.15, -0.1) is 0 Å². The molecule has 2 N–H and O–H groups in total. The number of amides is 1. The zero-order valence-corrected chi connectivity index (χ0v) is 15.8. The molecule has 0 unspecified atom stereocenters. The van der Waals surface area contributed by atoms with Gasteiger partial charge in [-0.2, -0.15) is 0 Å². The van der Waals surface area contributed by atoms with Crippen molar-refractivity contribution in [2.45, 2.75) is 32.2 Å². The smallest absolute Gasteiger partial charge is 0.230 e. The van der Waals surface area contributed by atoms with Crippen LogP contribution in [0.2, 0.25) is 0 Å². The van der Waals surface area contributed by atoms with E-state index >= 15 is 0 Å².